The molecular weight excluding hydrogens is 270 g/mol. The van der Waals surface area contributed by atoms with Gasteiger partial charge in [0.05, 0.1) is 13.2 Å². The number of ether oxygens (including phenoxy) is 1. The molecule has 0 aliphatic carbocycles. The van der Waals surface area contributed by atoms with Crippen LogP contribution < -0.4 is 0 Å². The Kier molecular flexibility index (Phi) is 4.47. The van der Waals surface area contributed by atoms with Gasteiger partial charge in [0.25, 0.3) is 0 Å². The van der Waals surface area contributed by atoms with Crippen LogP contribution in [0.4, 0.5) is 0 Å². The quantitative estimate of drug-likeness (QED) is 0.903. The topological polar surface area (TPSA) is 71.6 Å². The molecule has 1 aliphatic rings. The summed E-state index contributed by atoms with van der Waals surface area (Å²) in [6.45, 7) is 4.68. The Morgan fingerprint density at radius 1 is 1.14 bits per heavy atom. The molecule has 3 rings (SSSR count). The Labute approximate surface area is 123 Å². The predicted octanol–water partition coefficient (Wildman–Crippen LogP) is 1.71. The summed E-state index contributed by atoms with van der Waals surface area (Å²) >= 11 is 0. The van der Waals surface area contributed by atoms with E-state index in [9.17, 15) is 5.11 Å². The number of phenolic OH excluding ortho intramolecular Hbond substituents is 1. The summed E-state index contributed by atoms with van der Waals surface area (Å²) in [5, 5.41) is 13.3. The summed E-state index contributed by atoms with van der Waals surface area (Å²) in [6.07, 6.45) is 1.78. The van der Waals surface area contributed by atoms with Crippen molar-refractivity contribution in [2.24, 2.45) is 0 Å². The minimum absolute atomic E-state index is 0.230. The minimum atomic E-state index is 0.230. The van der Waals surface area contributed by atoms with Crippen LogP contribution in [0.15, 0.2) is 28.8 Å². The molecule has 0 spiro atoms. The summed E-state index contributed by atoms with van der Waals surface area (Å²) in [5.74, 6) is 1.45. The number of morpholine rings is 1. The number of aromatic hydroxyl groups is 1. The lowest BCUT2D eigenvalue weighted by molar-refractivity contribution is 0.0372. The molecule has 1 aromatic heterocycles. The number of hydrogen-bond donors (Lipinski definition) is 1. The summed E-state index contributed by atoms with van der Waals surface area (Å²) in [6, 6.07) is 6.78. The van der Waals surface area contributed by atoms with Crippen molar-refractivity contribution < 1.29 is 14.4 Å². The molecule has 0 amide bonds. The van der Waals surface area contributed by atoms with Gasteiger partial charge in [-0.2, -0.15) is 4.98 Å². The molecule has 21 heavy (non-hydrogen) atoms. The Balaban J connectivity index is 1.51. The highest BCUT2D eigenvalue weighted by Gasteiger charge is 2.12. The van der Waals surface area contributed by atoms with Gasteiger partial charge in [-0.1, -0.05) is 5.16 Å². The van der Waals surface area contributed by atoms with Crippen molar-refractivity contribution in [2.45, 2.75) is 12.8 Å². The second-order valence-electron chi connectivity index (χ2n) is 5.12. The maximum atomic E-state index is 9.27. The number of phenols is 1. The van der Waals surface area contributed by atoms with Gasteiger partial charge < -0.3 is 14.4 Å². The van der Waals surface area contributed by atoms with Crippen molar-refractivity contribution >= 4 is 0 Å². The third-order valence-corrected chi connectivity index (χ3v) is 3.56. The summed E-state index contributed by atoms with van der Waals surface area (Å²) < 4.78 is 10.6. The van der Waals surface area contributed by atoms with Crippen LogP contribution in [-0.4, -0.2) is 53.0 Å². The van der Waals surface area contributed by atoms with Crippen LogP contribution in [0.1, 0.15) is 12.3 Å². The van der Waals surface area contributed by atoms with Gasteiger partial charge in [-0.25, -0.2) is 0 Å². The predicted molar refractivity (Wildman–Crippen MR) is 77.0 cm³/mol. The van der Waals surface area contributed by atoms with Crippen LogP contribution >= 0.6 is 0 Å². The average molecular weight is 289 g/mol. The molecule has 1 aromatic carbocycles. The lowest BCUT2D eigenvalue weighted by atomic mass is 10.2. The monoisotopic (exact) mass is 289 g/mol. The van der Waals surface area contributed by atoms with Gasteiger partial charge >= 0.3 is 0 Å². The normalized spacial score (nSPS) is 16.2. The Morgan fingerprint density at radius 3 is 2.67 bits per heavy atom. The largest absolute Gasteiger partial charge is 0.508 e. The van der Waals surface area contributed by atoms with Crippen LogP contribution in [-0.2, 0) is 11.2 Å². The molecule has 6 heteroatoms. The van der Waals surface area contributed by atoms with Crippen molar-refractivity contribution in [1.29, 1.82) is 0 Å². The first-order chi connectivity index (χ1) is 10.3. The van der Waals surface area contributed by atoms with E-state index in [0.717, 1.165) is 51.3 Å². The van der Waals surface area contributed by atoms with Crippen LogP contribution in [0, 0.1) is 0 Å². The molecule has 0 bridgehead atoms. The van der Waals surface area contributed by atoms with Gasteiger partial charge in [-0.05, 0) is 37.2 Å². The van der Waals surface area contributed by atoms with Crippen molar-refractivity contribution in [3.05, 3.63) is 30.2 Å². The molecule has 0 radical (unpaired) electrons. The van der Waals surface area contributed by atoms with Gasteiger partial charge in [-0.3, -0.25) is 4.90 Å². The average Bonchev–Trinajstić information content (AvgIpc) is 2.98. The van der Waals surface area contributed by atoms with Gasteiger partial charge in [0, 0.05) is 25.1 Å². The van der Waals surface area contributed by atoms with Crippen LogP contribution in [0.25, 0.3) is 11.4 Å². The minimum Gasteiger partial charge on any atom is -0.508 e. The van der Waals surface area contributed by atoms with Crippen molar-refractivity contribution in [3.63, 3.8) is 0 Å². The Bertz CT molecular complexity index is 562. The standard InChI is InChI=1S/C15H19N3O3/c19-13-5-3-12(4-6-13)15-16-14(21-17-15)2-1-7-18-8-10-20-11-9-18/h3-6,19H,1-2,7-11H2. The number of benzene rings is 1. The fourth-order valence-corrected chi connectivity index (χ4v) is 2.36. The second kappa shape index (κ2) is 6.69. The van der Waals surface area contributed by atoms with Gasteiger partial charge in [-0.15, -0.1) is 0 Å². The number of aromatic nitrogens is 2. The zero-order valence-corrected chi connectivity index (χ0v) is 11.9. The van der Waals surface area contributed by atoms with E-state index >= 15 is 0 Å². The zero-order valence-electron chi connectivity index (χ0n) is 11.9. The van der Waals surface area contributed by atoms with E-state index in [1.807, 2.05) is 0 Å². The molecule has 2 heterocycles. The van der Waals surface area contributed by atoms with E-state index in [4.69, 9.17) is 9.26 Å². The molecule has 112 valence electrons. The maximum Gasteiger partial charge on any atom is 0.227 e. The second-order valence-corrected chi connectivity index (χ2v) is 5.12. The Morgan fingerprint density at radius 2 is 1.90 bits per heavy atom. The van der Waals surface area contributed by atoms with Crippen LogP contribution in [0.2, 0.25) is 0 Å². The van der Waals surface area contributed by atoms with Crippen molar-refractivity contribution in [3.8, 4) is 17.1 Å². The first kappa shape index (κ1) is 14.0. The first-order valence-corrected chi connectivity index (χ1v) is 7.23. The van der Waals surface area contributed by atoms with E-state index in [1.54, 1.807) is 24.3 Å². The van der Waals surface area contributed by atoms with E-state index in [1.165, 1.54) is 0 Å². The SMILES string of the molecule is Oc1ccc(-c2noc(CCCN3CCOCC3)n2)cc1. The van der Waals surface area contributed by atoms with Gasteiger partial charge in [0.2, 0.25) is 11.7 Å². The highest BCUT2D eigenvalue weighted by Crippen LogP contribution is 2.19. The third-order valence-electron chi connectivity index (χ3n) is 3.56. The molecule has 1 fully saturated rings. The molecule has 0 unspecified atom stereocenters. The molecule has 0 saturated carbocycles. The first-order valence-electron chi connectivity index (χ1n) is 7.23. The van der Waals surface area contributed by atoms with Crippen molar-refractivity contribution in [1.82, 2.24) is 15.0 Å². The number of aryl methyl sites for hydroxylation is 1. The van der Waals surface area contributed by atoms with E-state index in [2.05, 4.69) is 15.0 Å². The van der Waals surface area contributed by atoms with Crippen LogP contribution in [0.3, 0.4) is 0 Å². The summed E-state index contributed by atoms with van der Waals surface area (Å²) in [5.41, 5.74) is 0.843. The van der Waals surface area contributed by atoms with Gasteiger partial charge in [0.1, 0.15) is 5.75 Å². The smallest absolute Gasteiger partial charge is 0.227 e. The van der Waals surface area contributed by atoms with E-state index in [0.29, 0.717) is 11.7 Å². The van der Waals surface area contributed by atoms with Crippen molar-refractivity contribution in [2.75, 3.05) is 32.8 Å². The molecule has 1 aliphatic heterocycles. The molecule has 0 atom stereocenters. The third kappa shape index (κ3) is 3.80. The fraction of sp³-hybridized carbons (Fsp3) is 0.467. The molecule has 1 saturated heterocycles. The van der Waals surface area contributed by atoms with Gasteiger partial charge in [0.15, 0.2) is 0 Å². The van der Waals surface area contributed by atoms with E-state index in [-0.39, 0.29) is 5.75 Å². The van der Waals surface area contributed by atoms with Crippen LogP contribution in [0.5, 0.6) is 5.75 Å². The Hall–Kier alpha value is -1.92. The lowest BCUT2D eigenvalue weighted by Gasteiger charge is -2.26. The maximum absolute atomic E-state index is 9.27. The highest BCUT2D eigenvalue weighted by atomic mass is 16.5. The number of rotatable bonds is 5. The summed E-state index contributed by atoms with van der Waals surface area (Å²) in [7, 11) is 0. The number of hydrogen-bond acceptors (Lipinski definition) is 6. The summed E-state index contributed by atoms with van der Waals surface area (Å²) in [4.78, 5) is 6.78. The van der Waals surface area contributed by atoms with E-state index < -0.39 is 0 Å². The zero-order chi connectivity index (χ0) is 14.5. The lowest BCUT2D eigenvalue weighted by Crippen LogP contribution is -2.36. The fourth-order valence-electron chi connectivity index (χ4n) is 2.36. The molecule has 2 aromatic rings. The molecular formula is C15H19N3O3. The highest BCUT2D eigenvalue weighted by molar-refractivity contribution is 5.55. The molecule has 6 nitrogen and oxygen atoms in total. The molecule has 1 N–H and O–H groups in total. The number of nitrogens with zero attached hydrogens (tertiary/aromatic N) is 3.